The first-order valence-electron chi connectivity index (χ1n) is 8.07. The van der Waals surface area contributed by atoms with Crippen LogP contribution in [0, 0.1) is 0 Å². The first-order chi connectivity index (χ1) is 12.8. The van der Waals surface area contributed by atoms with Gasteiger partial charge in [-0.3, -0.25) is 19.0 Å². The largest absolute Gasteiger partial charge is 0.504 e. The molecule has 7 heteroatoms. The number of hydrogen-bond donors (Lipinski definition) is 2. The third-order valence-electron chi connectivity index (χ3n) is 4.33. The topological polar surface area (TPSA) is 106 Å². The van der Waals surface area contributed by atoms with Gasteiger partial charge in [-0.05, 0) is 43.3 Å². The second-order valence-corrected chi connectivity index (χ2v) is 6.06. The summed E-state index contributed by atoms with van der Waals surface area (Å²) in [5.74, 6) is -1.85. The maximum Gasteiger partial charge on any atom is 0.230 e. The van der Waals surface area contributed by atoms with E-state index in [9.17, 15) is 24.6 Å². The summed E-state index contributed by atoms with van der Waals surface area (Å²) < 4.78 is 5.97. The number of phenolic OH excluding ortho intramolecular Hbond substituents is 1. The zero-order chi connectivity index (χ0) is 19.9. The number of fused-ring (bicyclic) bond motifs is 1. The highest BCUT2D eigenvalue weighted by molar-refractivity contribution is 6.20. The molecule has 1 heterocycles. The fraction of sp³-hybridized carbons (Fsp3) is 0.150. The van der Waals surface area contributed by atoms with Crippen molar-refractivity contribution in [2.45, 2.75) is 13.8 Å². The number of aromatic hydroxyl groups is 2. The number of carbonyl (C=O) groups excluding carboxylic acids is 3. The van der Waals surface area contributed by atoms with E-state index >= 15 is 0 Å². The maximum absolute atomic E-state index is 13.0. The van der Waals surface area contributed by atoms with E-state index in [1.54, 1.807) is 0 Å². The van der Waals surface area contributed by atoms with Gasteiger partial charge in [-0.2, -0.15) is 0 Å². The minimum absolute atomic E-state index is 0.0967. The van der Waals surface area contributed by atoms with Gasteiger partial charge in [0.1, 0.15) is 0 Å². The second-order valence-electron chi connectivity index (χ2n) is 6.06. The molecule has 0 radical (unpaired) electrons. The molecule has 0 fully saturated rings. The molecule has 7 nitrogen and oxygen atoms in total. The number of Topliss-reactive ketones (excluding diaryl/α,β-unsaturated/α-hetero) is 1. The Bertz CT molecular complexity index is 1110. The van der Waals surface area contributed by atoms with Crippen LogP contribution >= 0.6 is 0 Å². The lowest BCUT2D eigenvalue weighted by Gasteiger charge is -2.06. The summed E-state index contributed by atoms with van der Waals surface area (Å²) in [6.07, 6.45) is 0. The Morgan fingerprint density at radius 3 is 2.19 bits per heavy atom. The molecule has 0 aliphatic heterocycles. The number of ether oxygens (including phenoxy) is 1. The lowest BCUT2D eigenvalue weighted by Crippen LogP contribution is -2.06. The highest BCUT2D eigenvalue weighted by atomic mass is 16.5. The molecule has 3 aromatic rings. The van der Waals surface area contributed by atoms with Crippen molar-refractivity contribution in [2.24, 2.45) is 0 Å². The Morgan fingerprint density at radius 2 is 1.63 bits per heavy atom. The lowest BCUT2D eigenvalue weighted by atomic mass is 10.00. The summed E-state index contributed by atoms with van der Waals surface area (Å²) >= 11 is 0. The molecule has 0 spiro atoms. The third kappa shape index (κ3) is 2.93. The van der Waals surface area contributed by atoms with Gasteiger partial charge in [0.25, 0.3) is 0 Å². The first-order valence-corrected chi connectivity index (χ1v) is 8.07. The van der Waals surface area contributed by atoms with Gasteiger partial charge >= 0.3 is 0 Å². The second kappa shape index (κ2) is 6.60. The summed E-state index contributed by atoms with van der Waals surface area (Å²) in [5, 5.41) is 20.8. The van der Waals surface area contributed by atoms with Gasteiger partial charge in [0.15, 0.2) is 23.1 Å². The Hall–Kier alpha value is -3.61. The predicted molar refractivity (Wildman–Crippen MR) is 98.0 cm³/mol. The Balaban J connectivity index is 2.29. The van der Waals surface area contributed by atoms with Gasteiger partial charge in [-0.25, -0.2) is 0 Å². The van der Waals surface area contributed by atoms with Crippen LogP contribution in [0.3, 0.4) is 0 Å². The fourth-order valence-electron chi connectivity index (χ4n) is 3.01. The quantitative estimate of drug-likeness (QED) is 0.686. The van der Waals surface area contributed by atoms with Crippen molar-refractivity contribution in [1.82, 2.24) is 4.57 Å². The number of nitrogens with zero attached hydrogens (tertiary/aromatic N) is 1. The van der Waals surface area contributed by atoms with Gasteiger partial charge in [-0.15, -0.1) is 0 Å². The number of ketones is 2. The molecule has 2 N–H and O–H groups in total. The van der Waals surface area contributed by atoms with E-state index in [0.717, 1.165) is 4.57 Å². The van der Waals surface area contributed by atoms with Crippen LogP contribution in [-0.4, -0.2) is 39.4 Å². The molecule has 1 aromatic heterocycles. The molecule has 138 valence electrons. The zero-order valence-electron chi connectivity index (χ0n) is 14.9. The molecule has 3 rings (SSSR count). The van der Waals surface area contributed by atoms with Crippen molar-refractivity contribution < 1.29 is 29.3 Å². The molecular formula is C20H17NO6. The Kier molecular flexibility index (Phi) is 4.45. The van der Waals surface area contributed by atoms with Gasteiger partial charge in [-0.1, -0.05) is 0 Å². The minimum atomic E-state index is -0.601. The number of carbonyl (C=O) groups is 3. The number of hydrogen-bond acceptors (Lipinski definition) is 6. The molecule has 0 saturated carbocycles. The standard InChI is InChI=1S/C20H17NO6/c1-10(22)12-4-6-15-14(8-12)18(20(26)21(15)11(2)23)19(25)13-5-7-17(27-3)16(24)9-13/h4-9,24,26H,1-3H3. The summed E-state index contributed by atoms with van der Waals surface area (Å²) in [6, 6.07) is 8.57. The van der Waals surface area contributed by atoms with Crippen molar-refractivity contribution in [3.8, 4) is 17.4 Å². The Morgan fingerprint density at radius 1 is 0.963 bits per heavy atom. The molecule has 0 aliphatic rings. The predicted octanol–water partition coefficient (Wildman–Crippen LogP) is 3.15. The van der Waals surface area contributed by atoms with Crippen molar-refractivity contribution in [3.63, 3.8) is 0 Å². The summed E-state index contributed by atoms with van der Waals surface area (Å²) in [4.78, 5) is 36.7. The molecule has 27 heavy (non-hydrogen) atoms. The van der Waals surface area contributed by atoms with Gasteiger partial charge in [0, 0.05) is 23.4 Å². The molecule has 0 aliphatic carbocycles. The number of rotatable bonds is 4. The highest BCUT2D eigenvalue weighted by Crippen LogP contribution is 2.35. The fourth-order valence-corrected chi connectivity index (χ4v) is 3.01. The van der Waals surface area contributed by atoms with Crippen molar-refractivity contribution in [3.05, 3.63) is 53.1 Å². The average molecular weight is 367 g/mol. The zero-order valence-corrected chi connectivity index (χ0v) is 14.9. The molecule has 0 amide bonds. The smallest absolute Gasteiger partial charge is 0.230 e. The van der Waals surface area contributed by atoms with E-state index in [-0.39, 0.29) is 33.8 Å². The van der Waals surface area contributed by atoms with E-state index in [1.807, 2.05) is 0 Å². The number of benzene rings is 2. The van der Waals surface area contributed by atoms with Crippen LogP contribution in [0.25, 0.3) is 10.9 Å². The van der Waals surface area contributed by atoms with Crippen molar-refractivity contribution in [1.29, 1.82) is 0 Å². The van der Waals surface area contributed by atoms with E-state index in [1.165, 1.54) is 57.4 Å². The molecule has 0 unspecified atom stereocenters. The molecule has 0 saturated heterocycles. The number of aromatic nitrogens is 1. The lowest BCUT2D eigenvalue weighted by molar-refractivity contribution is 0.0932. The van der Waals surface area contributed by atoms with E-state index in [2.05, 4.69) is 0 Å². The highest BCUT2D eigenvalue weighted by Gasteiger charge is 2.26. The number of methoxy groups -OCH3 is 1. The third-order valence-corrected chi connectivity index (χ3v) is 4.33. The van der Waals surface area contributed by atoms with Crippen LogP contribution in [0.4, 0.5) is 0 Å². The molecular weight excluding hydrogens is 350 g/mol. The SMILES string of the molecule is COc1ccc(C(=O)c2c(O)n(C(C)=O)c3ccc(C(C)=O)cc23)cc1O. The molecule has 0 bridgehead atoms. The van der Waals surface area contributed by atoms with Crippen LogP contribution in [0.5, 0.6) is 17.4 Å². The van der Waals surface area contributed by atoms with E-state index in [4.69, 9.17) is 4.74 Å². The van der Waals surface area contributed by atoms with Crippen LogP contribution in [0.1, 0.15) is 44.9 Å². The van der Waals surface area contributed by atoms with Crippen LogP contribution in [-0.2, 0) is 0 Å². The molecule has 2 aromatic carbocycles. The van der Waals surface area contributed by atoms with Crippen LogP contribution in [0.15, 0.2) is 36.4 Å². The van der Waals surface area contributed by atoms with E-state index in [0.29, 0.717) is 11.1 Å². The summed E-state index contributed by atoms with van der Waals surface area (Å²) in [5.41, 5.74) is 0.633. The summed E-state index contributed by atoms with van der Waals surface area (Å²) in [6.45, 7) is 2.64. The number of phenols is 1. The monoisotopic (exact) mass is 367 g/mol. The molecule has 0 atom stereocenters. The van der Waals surface area contributed by atoms with Crippen LogP contribution < -0.4 is 4.74 Å². The normalized spacial score (nSPS) is 10.8. The summed E-state index contributed by atoms with van der Waals surface area (Å²) in [7, 11) is 1.38. The van der Waals surface area contributed by atoms with Crippen molar-refractivity contribution >= 4 is 28.4 Å². The average Bonchev–Trinajstić information content (AvgIpc) is 2.91. The maximum atomic E-state index is 13.0. The van der Waals surface area contributed by atoms with Gasteiger partial charge in [0.05, 0.1) is 18.2 Å². The van der Waals surface area contributed by atoms with E-state index < -0.39 is 17.6 Å². The van der Waals surface area contributed by atoms with Gasteiger partial charge in [0.2, 0.25) is 11.8 Å². The Labute approximate surface area is 154 Å². The first kappa shape index (κ1) is 18.2. The minimum Gasteiger partial charge on any atom is -0.504 e. The van der Waals surface area contributed by atoms with Crippen LogP contribution in [0.2, 0.25) is 0 Å². The van der Waals surface area contributed by atoms with Crippen molar-refractivity contribution in [2.75, 3.05) is 7.11 Å². The van der Waals surface area contributed by atoms with Gasteiger partial charge < -0.3 is 14.9 Å².